The zero-order chi connectivity index (χ0) is 10.3. The van der Waals surface area contributed by atoms with Crippen molar-refractivity contribution in [2.24, 2.45) is 11.8 Å². The molecule has 0 aromatic rings. The second-order valence-electron chi connectivity index (χ2n) is 5.68. The predicted octanol–water partition coefficient (Wildman–Crippen LogP) is 1.78. The lowest BCUT2D eigenvalue weighted by atomic mass is 9.63. The average molecular weight is 185 g/mol. The van der Waals surface area contributed by atoms with Crippen LogP contribution >= 0.6 is 0 Å². The van der Waals surface area contributed by atoms with Crippen molar-refractivity contribution < 1.29 is 5.11 Å². The molecular weight excluding hydrogens is 162 g/mol. The van der Waals surface area contributed by atoms with Crippen molar-refractivity contribution in [2.75, 3.05) is 6.54 Å². The number of rotatable bonds is 2. The molecule has 0 aliphatic heterocycles. The van der Waals surface area contributed by atoms with Gasteiger partial charge in [0.15, 0.2) is 0 Å². The minimum atomic E-state index is -0.452. The number of hydrogen-bond donors (Lipinski definition) is 2. The smallest absolute Gasteiger partial charge is 0.0802 e. The molecule has 2 nitrogen and oxygen atoms in total. The van der Waals surface area contributed by atoms with E-state index in [1.807, 2.05) is 0 Å². The van der Waals surface area contributed by atoms with E-state index in [0.717, 1.165) is 13.0 Å². The molecule has 0 spiro atoms. The average Bonchev–Trinajstić information content (AvgIpc) is 1.99. The van der Waals surface area contributed by atoms with Gasteiger partial charge in [-0.25, -0.2) is 0 Å². The molecule has 78 valence electrons. The van der Waals surface area contributed by atoms with E-state index in [2.05, 4.69) is 39.9 Å². The Labute approximate surface area is 81.7 Å². The van der Waals surface area contributed by atoms with Crippen molar-refractivity contribution in [3.63, 3.8) is 0 Å². The standard InChI is InChI=1S/C11H23NO/c1-8-6-11(13,9(8)2)7-12-10(3,4)5/h8-9,12-13H,6-7H2,1-5H3. The van der Waals surface area contributed by atoms with Gasteiger partial charge < -0.3 is 10.4 Å². The van der Waals surface area contributed by atoms with Gasteiger partial charge in [-0.1, -0.05) is 13.8 Å². The molecule has 0 saturated heterocycles. The Hall–Kier alpha value is -0.0800. The van der Waals surface area contributed by atoms with E-state index in [4.69, 9.17) is 0 Å². The third-order valence-electron chi connectivity index (χ3n) is 3.30. The maximum atomic E-state index is 10.1. The molecule has 13 heavy (non-hydrogen) atoms. The van der Waals surface area contributed by atoms with Crippen LogP contribution in [-0.4, -0.2) is 22.8 Å². The van der Waals surface area contributed by atoms with Gasteiger partial charge in [-0.15, -0.1) is 0 Å². The molecular formula is C11H23NO. The summed E-state index contributed by atoms with van der Waals surface area (Å²) in [5.41, 5.74) is -0.346. The van der Waals surface area contributed by atoms with E-state index in [9.17, 15) is 5.11 Å². The number of β-amino-alcohol motifs (C(OH)–C–C–N with tert-alkyl or cyclic N) is 1. The highest BCUT2D eigenvalue weighted by Gasteiger charge is 2.47. The molecule has 0 heterocycles. The summed E-state index contributed by atoms with van der Waals surface area (Å²) in [6.45, 7) is 11.5. The van der Waals surface area contributed by atoms with Gasteiger partial charge in [0.05, 0.1) is 5.60 Å². The first-order valence-corrected chi connectivity index (χ1v) is 5.22. The van der Waals surface area contributed by atoms with Crippen molar-refractivity contribution in [1.29, 1.82) is 0 Å². The Bertz CT molecular complexity index is 185. The summed E-state index contributed by atoms with van der Waals surface area (Å²) in [6, 6.07) is 0. The summed E-state index contributed by atoms with van der Waals surface area (Å²) in [4.78, 5) is 0. The summed E-state index contributed by atoms with van der Waals surface area (Å²) < 4.78 is 0. The molecule has 3 unspecified atom stereocenters. The minimum Gasteiger partial charge on any atom is -0.388 e. The summed E-state index contributed by atoms with van der Waals surface area (Å²) in [5.74, 6) is 1.11. The fourth-order valence-corrected chi connectivity index (χ4v) is 1.94. The van der Waals surface area contributed by atoms with Gasteiger partial charge in [0, 0.05) is 12.1 Å². The molecule has 0 aromatic heterocycles. The first-order chi connectivity index (χ1) is 5.75. The lowest BCUT2D eigenvalue weighted by molar-refractivity contribution is -0.124. The van der Waals surface area contributed by atoms with Crippen LogP contribution in [0.2, 0.25) is 0 Å². The first-order valence-electron chi connectivity index (χ1n) is 5.22. The Balaban J connectivity index is 2.38. The molecule has 1 saturated carbocycles. The van der Waals surface area contributed by atoms with E-state index in [1.54, 1.807) is 0 Å². The molecule has 1 fully saturated rings. The molecule has 0 radical (unpaired) electrons. The van der Waals surface area contributed by atoms with Crippen LogP contribution in [0.4, 0.5) is 0 Å². The van der Waals surface area contributed by atoms with Gasteiger partial charge in [0.25, 0.3) is 0 Å². The van der Waals surface area contributed by atoms with E-state index < -0.39 is 5.60 Å². The monoisotopic (exact) mass is 185 g/mol. The molecule has 2 N–H and O–H groups in total. The van der Waals surface area contributed by atoms with Crippen molar-refractivity contribution in [2.45, 2.75) is 52.2 Å². The third kappa shape index (κ3) is 2.44. The highest BCUT2D eigenvalue weighted by molar-refractivity contribution is 5.00. The Kier molecular flexibility index (Phi) is 2.75. The second kappa shape index (κ2) is 3.25. The van der Waals surface area contributed by atoms with Crippen LogP contribution in [0.1, 0.15) is 41.0 Å². The molecule has 0 amide bonds. The molecule has 1 rings (SSSR count). The molecule has 3 atom stereocenters. The molecule has 1 aliphatic rings. The van der Waals surface area contributed by atoms with Crippen LogP contribution in [0.15, 0.2) is 0 Å². The molecule has 2 heteroatoms. The summed E-state index contributed by atoms with van der Waals surface area (Å²) >= 11 is 0. The normalized spacial score (nSPS) is 40.2. The highest BCUT2D eigenvalue weighted by atomic mass is 16.3. The molecule has 0 aromatic carbocycles. The lowest BCUT2D eigenvalue weighted by Crippen LogP contribution is -2.59. The summed E-state index contributed by atoms with van der Waals surface area (Å²) in [5, 5.41) is 13.5. The second-order valence-corrected chi connectivity index (χ2v) is 5.68. The predicted molar refractivity (Wildman–Crippen MR) is 55.7 cm³/mol. The van der Waals surface area contributed by atoms with Crippen LogP contribution < -0.4 is 5.32 Å². The van der Waals surface area contributed by atoms with E-state index in [-0.39, 0.29) is 5.54 Å². The van der Waals surface area contributed by atoms with Crippen molar-refractivity contribution in [3.05, 3.63) is 0 Å². The van der Waals surface area contributed by atoms with Gasteiger partial charge in [-0.05, 0) is 39.0 Å². The zero-order valence-corrected chi connectivity index (χ0v) is 9.52. The van der Waals surface area contributed by atoms with Crippen LogP contribution in [0.25, 0.3) is 0 Å². The third-order valence-corrected chi connectivity index (χ3v) is 3.30. The Morgan fingerprint density at radius 2 is 1.92 bits per heavy atom. The number of nitrogens with one attached hydrogen (secondary N) is 1. The fourth-order valence-electron chi connectivity index (χ4n) is 1.94. The van der Waals surface area contributed by atoms with Crippen LogP contribution in [0.3, 0.4) is 0 Å². The Morgan fingerprint density at radius 3 is 2.23 bits per heavy atom. The van der Waals surface area contributed by atoms with Crippen molar-refractivity contribution >= 4 is 0 Å². The maximum absolute atomic E-state index is 10.1. The SMILES string of the molecule is CC1CC(O)(CNC(C)(C)C)C1C. The highest BCUT2D eigenvalue weighted by Crippen LogP contribution is 2.43. The van der Waals surface area contributed by atoms with Crippen LogP contribution in [0, 0.1) is 11.8 Å². The fraction of sp³-hybridized carbons (Fsp3) is 1.00. The van der Waals surface area contributed by atoms with Crippen LogP contribution in [0.5, 0.6) is 0 Å². The van der Waals surface area contributed by atoms with E-state index >= 15 is 0 Å². The summed E-state index contributed by atoms with van der Waals surface area (Å²) in [6.07, 6.45) is 0.942. The number of hydrogen-bond acceptors (Lipinski definition) is 2. The molecule has 1 aliphatic carbocycles. The maximum Gasteiger partial charge on any atom is 0.0802 e. The largest absolute Gasteiger partial charge is 0.388 e. The Morgan fingerprint density at radius 1 is 1.38 bits per heavy atom. The quantitative estimate of drug-likeness (QED) is 0.687. The summed E-state index contributed by atoms with van der Waals surface area (Å²) in [7, 11) is 0. The van der Waals surface area contributed by atoms with E-state index in [1.165, 1.54) is 0 Å². The van der Waals surface area contributed by atoms with Gasteiger partial charge in [-0.2, -0.15) is 0 Å². The van der Waals surface area contributed by atoms with Gasteiger partial charge in [-0.3, -0.25) is 0 Å². The van der Waals surface area contributed by atoms with E-state index in [0.29, 0.717) is 11.8 Å². The van der Waals surface area contributed by atoms with Gasteiger partial charge in [0.2, 0.25) is 0 Å². The minimum absolute atomic E-state index is 0.105. The topological polar surface area (TPSA) is 32.3 Å². The lowest BCUT2D eigenvalue weighted by Gasteiger charge is -2.50. The van der Waals surface area contributed by atoms with Crippen molar-refractivity contribution in [3.8, 4) is 0 Å². The zero-order valence-electron chi connectivity index (χ0n) is 9.52. The first kappa shape index (κ1) is 11.0. The van der Waals surface area contributed by atoms with Crippen LogP contribution in [-0.2, 0) is 0 Å². The number of aliphatic hydroxyl groups is 1. The van der Waals surface area contributed by atoms with Crippen molar-refractivity contribution in [1.82, 2.24) is 5.32 Å². The molecule has 0 bridgehead atoms. The van der Waals surface area contributed by atoms with Gasteiger partial charge in [0.1, 0.15) is 0 Å². The van der Waals surface area contributed by atoms with Gasteiger partial charge >= 0.3 is 0 Å².